The first-order valence-corrected chi connectivity index (χ1v) is 5.96. The molecule has 0 saturated heterocycles. The van der Waals surface area contributed by atoms with Gasteiger partial charge in [-0.3, -0.25) is 0 Å². The van der Waals surface area contributed by atoms with E-state index in [9.17, 15) is 0 Å². The SMILES string of the molecule is COc1c(Cc2ccccc2)ccc(Cl)c1C. The zero-order chi connectivity index (χ0) is 12.3. The van der Waals surface area contributed by atoms with Gasteiger partial charge < -0.3 is 4.74 Å². The van der Waals surface area contributed by atoms with E-state index in [-0.39, 0.29) is 0 Å². The Kier molecular flexibility index (Phi) is 3.70. The molecule has 0 heterocycles. The highest BCUT2D eigenvalue weighted by Crippen LogP contribution is 2.30. The van der Waals surface area contributed by atoms with Gasteiger partial charge in [-0.1, -0.05) is 48.0 Å². The topological polar surface area (TPSA) is 9.23 Å². The van der Waals surface area contributed by atoms with E-state index in [0.717, 1.165) is 22.8 Å². The normalized spacial score (nSPS) is 10.3. The maximum Gasteiger partial charge on any atom is 0.126 e. The van der Waals surface area contributed by atoms with Gasteiger partial charge in [0.15, 0.2) is 0 Å². The summed E-state index contributed by atoms with van der Waals surface area (Å²) < 4.78 is 5.44. The number of hydrogen-bond donors (Lipinski definition) is 0. The number of rotatable bonds is 3. The molecule has 0 bridgehead atoms. The molecule has 2 aromatic carbocycles. The van der Waals surface area contributed by atoms with Crippen LogP contribution in [0.4, 0.5) is 0 Å². The van der Waals surface area contributed by atoms with Crippen molar-refractivity contribution < 1.29 is 4.74 Å². The van der Waals surface area contributed by atoms with Gasteiger partial charge in [-0.2, -0.15) is 0 Å². The van der Waals surface area contributed by atoms with Gasteiger partial charge in [-0.15, -0.1) is 0 Å². The second-order valence-electron chi connectivity index (χ2n) is 4.03. The molecule has 0 radical (unpaired) electrons. The third-order valence-electron chi connectivity index (χ3n) is 2.86. The summed E-state index contributed by atoms with van der Waals surface area (Å²) >= 11 is 6.09. The zero-order valence-corrected chi connectivity index (χ0v) is 10.8. The average molecular weight is 247 g/mol. The summed E-state index contributed by atoms with van der Waals surface area (Å²) in [5, 5.41) is 0.749. The van der Waals surface area contributed by atoms with Gasteiger partial charge in [0.05, 0.1) is 7.11 Å². The molecule has 2 aromatic rings. The third kappa shape index (κ3) is 2.62. The van der Waals surface area contributed by atoms with Crippen molar-refractivity contribution in [3.8, 4) is 5.75 Å². The summed E-state index contributed by atoms with van der Waals surface area (Å²) in [6.45, 7) is 1.98. The Labute approximate surface area is 107 Å². The highest BCUT2D eigenvalue weighted by molar-refractivity contribution is 6.31. The van der Waals surface area contributed by atoms with Crippen molar-refractivity contribution >= 4 is 11.6 Å². The molecule has 88 valence electrons. The Morgan fingerprint density at radius 2 is 1.76 bits per heavy atom. The van der Waals surface area contributed by atoms with Crippen molar-refractivity contribution in [3.05, 3.63) is 64.2 Å². The van der Waals surface area contributed by atoms with Crippen LogP contribution in [0.3, 0.4) is 0 Å². The van der Waals surface area contributed by atoms with Gasteiger partial charge in [-0.05, 0) is 24.1 Å². The largest absolute Gasteiger partial charge is 0.496 e. The van der Waals surface area contributed by atoms with E-state index in [4.69, 9.17) is 16.3 Å². The quantitative estimate of drug-likeness (QED) is 0.787. The van der Waals surface area contributed by atoms with Gasteiger partial charge in [0.2, 0.25) is 0 Å². The molecule has 0 spiro atoms. The van der Waals surface area contributed by atoms with Crippen molar-refractivity contribution in [2.24, 2.45) is 0 Å². The van der Waals surface area contributed by atoms with Gasteiger partial charge in [-0.25, -0.2) is 0 Å². The summed E-state index contributed by atoms with van der Waals surface area (Å²) in [5.74, 6) is 0.890. The molecule has 17 heavy (non-hydrogen) atoms. The first kappa shape index (κ1) is 12.0. The van der Waals surface area contributed by atoms with E-state index in [1.54, 1.807) is 7.11 Å². The molecule has 0 aromatic heterocycles. The lowest BCUT2D eigenvalue weighted by molar-refractivity contribution is 0.407. The molecule has 0 aliphatic rings. The van der Waals surface area contributed by atoms with Crippen molar-refractivity contribution in [1.29, 1.82) is 0 Å². The van der Waals surface area contributed by atoms with Crippen LogP contribution in [-0.2, 0) is 6.42 Å². The van der Waals surface area contributed by atoms with Gasteiger partial charge in [0, 0.05) is 17.0 Å². The molecule has 0 aliphatic carbocycles. The Morgan fingerprint density at radius 3 is 2.41 bits per heavy atom. The zero-order valence-electron chi connectivity index (χ0n) is 10.0. The lowest BCUT2D eigenvalue weighted by Crippen LogP contribution is -1.96. The lowest BCUT2D eigenvalue weighted by atomic mass is 10.0. The van der Waals surface area contributed by atoms with E-state index < -0.39 is 0 Å². The number of benzene rings is 2. The predicted molar refractivity (Wildman–Crippen MR) is 72.0 cm³/mol. The Morgan fingerprint density at radius 1 is 1.06 bits per heavy atom. The number of methoxy groups -OCH3 is 1. The van der Waals surface area contributed by atoms with Crippen LogP contribution in [0, 0.1) is 6.92 Å². The Bertz CT molecular complexity index is 506. The molecule has 0 N–H and O–H groups in total. The first-order chi connectivity index (χ1) is 8.22. The molecular weight excluding hydrogens is 232 g/mol. The van der Waals surface area contributed by atoms with Crippen LogP contribution < -0.4 is 4.74 Å². The fourth-order valence-corrected chi connectivity index (χ4v) is 2.11. The molecule has 0 saturated carbocycles. The van der Waals surface area contributed by atoms with E-state index in [1.165, 1.54) is 11.1 Å². The second-order valence-corrected chi connectivity index (χ2v) is 4.43. The van der Waals surface area contributed by atoms with Crippen molar-refractivity contribution in [2.45, 2.75) is 13.3 Å². The number of ether oxygens (including phenoxy) is 1. The van der Waals surface area contributed by atoms with E-state index in [1.807, 2.05) is 37.3 Å². The highest BCUT2D eigenvalue weighted by atomic mass is 35.5. The minimum absolute atomic E-state index is 0.749. The summed E-state index contributed by atoms with van der Waals surface area (Å²) in [6, 6.07) is 14.3. The third-order valence-corrected chi connectivity index (χ3v) is 3.27. The minimum Gasteiger partial charge on any atom is -0.496 e. The van der Waals surface area contributed by atoms with Crippen molar-refractivity contribution in [1.82, 2.24) is 0 Å². The highest BCUT2D eigenvalue weighted by Gasteiger charge is 2.09. The minimum atomic E-state index is 0.749. The molecule has 1 nitrogen and oxygen atoms in total. The van der Waals surface area contributed by atoms with E-state index in [0.29, 0.717) is 0 Å². The first-order valence-electron chi connectivity index (χ1n) is 5.58. The molecule has 2 heteroatoms. The molecule has 0 fully saturated rings. The number of halogens is 1. The summed E-state index contributed by atoms with van der Waals surface area (Å²) in [5.41, 5.74) is 3.44. The van der Waals surface area contributed by atoms with Crippen LogP contribution in [0.15, 0.2) is 42.5 Å². The van der Waals surface area contributed by atoms with Crippen LogP contribution in [0.1, 0.15) is 16.7 Å². The second kappa shape index (κ2) is 5.24. The summed E-state index contributed by atoms with van der Waals surface area (Å²) in [4.78, 5) is 0. The summed E-state index contributed by atoms with van der Waals surface area (Å²) in [7, 11) is 1.69. The smallest absolute Gasteiger partial charge is 0.126 e. The van der Waals surface area contributed by atoms with Gasteiger partial charge in [0.1, 0.15) is 5.75 Å². The molecule has 0 atom stereocenters. The summed E-state index contributed by atoms with van der Waals surface area (Å²) in [6.07, 6.45) is 0.863. The van der Waals surface area contributed by atoms with Crippen molar-refractivity contribution in [2.75, 3.05) is 7.11 Å². The van der Waals surface area contributed by atoms with Gasteiger partial charge >= 0.3 is 0 Å². The van der Waals surface area contributed by atoms with E-state index in [2.05, 4.69) is 12.1 Å². The standard InChI is InChI=1S/C15H15ClO/c1-11-14(16)9-8-13(15(11)17-2)10-12-6-4-3-5-7-12/h3-9H,10H2,1-2H3. The van der Waals surface area contributed by atoms with E-state index >= 15 is 0 Å². The fraction of sp³-hybridized carbons (Fsp3) is 0.200. The number of hydrogen-bond acceptors (Lipinski definition) is 1. The molecular formula is C15H15ClO. The predicted octanol–water partition coefficient (Wildman–Crippen LogP) is 4.25. The van der Waals surface area contributed by atoms with Crippen molar-refractivity contribution in [3.63, 3.8) is 0 Å². The van der Waals surface area contributed by atoms with Crippen LogP contribution in [0.5, 0.6) is 5.75 Å². The maximum absolute atomic E-state index is 6.09. The Balaban J connectivity index is 2.37. The fourth-order valence-electron chi connectivity index (χ4n) is 1.96. The van der Waals surface area contributed by atoms with Crippen LogP contribution >= 0.6 is 11.6 Å². The molecule has 0 aliphatic heterocycles. The Hall–Kier alpha value is -1.47. The molecule has 2 rings (SSSR count). The van der Waals surface area contributed by atoms with Crippen LogP contribution in [0.2, 0.25) is 5.02 Å². The van der Waals surface area contributed by atoms with Crippen LogP contribution in [-0.4, -0.2) is 7.11 Å². The average Bonchev–Trinajstić information content (AvgIpc) is 2.36. The molecule has 0 amide bonds. The van der Waals surface area contributed by atoms with Gasteiger partial charge in [0.25, 0.3) is 0 Å². The molecule has 0 unspecified atom stereocenters. The van der Waals surface area contributed by atoms with Crippen LogP contribution in [0.25, 0.3) is 0 Å². The lowest BCUT2D eigenvalue weighted by Gasteiger charge is -2.12. The maximum atomic E-state index is 6.09. The monoisotopic (exact) mass is 246 g/mol.